The first kappa shape index (κ1) is 9.67. The summed E-state index contributed by atoms with van der Waals surface area (Å²) in [5, 5.41) is 11.2. The van der Waals surface area contributed by atoms with Crippen LogP contribution < -0.4 is 5.84 Å². The second kappa shape index (κ2) is 4.00. The molecule has 1 heterocycles. The molecule has 1 aliphatic carbocycles. The van der Waals surface area contributed by atoms with Crippen molar-refractivity contribution in [3.05, 3.63) is 36.1 Å². The first-order valence-electron chi connectivity index (χ1n) is 3.65. The van der Waals surface area contributed by atoms with Crippen LogP contribution in [0.4, 0.5) is 0 Å². The molecule has 0 amide bonds. The Hall–Kier alpha value is -1.42. The van der Waals surface area contributed by atoms with Gasteiger partial charge in [-0.3, -0.25) is 0 Å². The smallest absolute Gasteiger partial charge is 0.181 e. The lowest BCUT2D eigenvalue weighted by atomic mass is 9.94. The van der Waals surface area contributed by atoms with Crippen molar-refractivity contribution in [3.8, 4) is 0 Å². The highest BCUT2D eigenvalue weighted by Gasteiger charge is 2.20. The number of rotatable bonds is 0. The maximum Gasteiger partial charge on any atom is 0.181 e. The summed E-state index contributed by atoms with van der Waals surface area (Å²) < 4.78 is 0. The Morgan fingerprint density at radius 2 is 2.23 bits per heavy atom. The van der Waals surface area contributed by atoms with Gasteiger partial charge in [-0.15, -0.1) is 17.5 Å². The molecule has 13 heavy (non-hydrogen) atoms. The lowest BCUT2D eigenvalue weighted by Crippen LogP contribution is -2.16. The average molecular weight is 197 g/mol. The van der Waals surface area contributed by atoms with Crippen LogP contribution in [0.15, 0.2) is 51.4 Å². The summed E-state index contributed by atoms with van der Waals surface area (Å²) in [7, 11) is 0. The van der Waals surface area contributed by atoms with Crippen molar-refractivity contribution in [2.24, 2.45) is 27.1 Å². The van der Waals surface area contributed by atoms with Crippen LogP contribution in [0.1, 0.15) is 0 Å². The number of amidine groups is 1. The van der Waals surface area contributed by atoms with Crippen molar-refractivity contribution in [2.45, 2.75) is 0 Å². The first-order valence-corrected chi connectivity index (χ1v) is 3.65. The van der Waals surface area contributed by atoms with E-state index >= 15 is 0 Å². The van der Waals surface area contributed by atoms with Crippen LogP contribution in [-0.4, -0.2) is 5.84 Å². The van der Waals surface area contributed by atoms with Crippen LogP contribution in [0, 0.1) is 5.92 Å². The lowest BCUT2D eigenvalue weighted by Gasteiger charge is -2.16. The van der Waals surface area contributed by atoms with Gasteiger partial charge in [0.15, 0.2) is 5.84 Å². The summed E-state index contributed by atoms with van der Waals surface area (Å²) in [6, 6.07) is 0. The molecular formula is C8H9ClN4. The van der Waals surface area contributed by atoms with Crippen LogP contribution in [0.5, 0.6) is 0 Å². The van der Waals surface area contributed by atoms with E-state index in [1.807, 2.05) is 24.3 Å². The summed E-state index contributed by atoms with van der Waals surface area (Å²) in [6.45, 7) is 0. The van der Waals surface area contributed by atoms with E-state index in [1.165, 1.54) is 0 Å². The normalized spacial score (nSPS) is 26.6. The van der Waals surface area contributed by atoms with E-state index in [1.54, 1.807) is 6.20 Å². The highest BCUT2D eigenvalue weighted by Crippen LogP contribution is 2.23. The van der Waals surface area contributed by atoms with E-state index in [-0.39, 0.29) is 18.3 Å². The van der Waals surface area contributed by atoms with E-state index in [9.17, 15) is 0 Å². The summed E-state index contributed by atoms with van der Waals surface area (Å²) >= 11 is 0. The van der Waals surface area contributed by atoms with Gasteiger partial charge >= 0.3 is 0 Å². The standard InChI is InChI=1S/C8H8N4.ClH/c9-11-8-7-4-2-1-3-6(7)5-10-12-8;/h1-5,7H,9H2;1H/b11-8-;. The SMILES string of the molecule is Cl.N/N=C1\N=NC=C2C=CC=CC21. The zero-order valence-corrected chi connectivity index (χ0v) is 7.61. The second-order valence-corrected chi connectivity index (χ2v) is 2.55. The highest BCUT2D eigenvalue weighted by atomic mass is 35.5. The zero-order chi connectivity index (χ0) is 8.39. The van der Waals surface area contributed by atoms with Crippen LogP contribution in [0.25, 0.3) is 0 Å². The molecule has 0 aromatic rings. The van der Waals surface area contributed by atoms with E-state index in [0.29, 0.717) is 5.84 Å². The van der Waals surface area contributed by atoms with Gasteiger partial charge in [-0.1, -0.05) is 24.3 Å². The number of hydrogen-bond acceptors (Lipinski definition) is 3. The Labute approximate surface area is 82.0 Å². The highest BCUT2D eigenvalue weighted by molar-refractivity contribution is 5.90. The van der Waals surface area contributed by atoms with E-state index in [0.717, 1.165) is 5.57 Å². The van der Waals surface area contributed by atoms with Crippen molar-refractivity contribution in [3.63, 3.8) is 0 Å². The van der Waals surface area contributed by atoms with Gasteiger partial charge in [0.05, 0.1) is 12.1 Å². The molecule has 1 aliphatic heterocycles. The van der Waals surface area contributed by atoms with Gasteiger partial charge in [-0.05, 0) is 5.57 Å². The number of nitrogens with zero attached hydrogens (tertiary/aromatic N) is 3. The van der Waals surface area contributed by atoms with Crippen LogP contribution >= 0.6 is 12.4 Å². The Balaban J connectivity index is 0.000000845. The Morgan fingerprint density at radius 1 is 1.38 bits per heavy atom. The Morgan fingerprint density at radius 3 is 3.00 bits per heavy atom. The largest absolute Gasteiger partial charge is 0.321 e. The molecule has 0 saturated heterocycles. The monoisotopic (exact) mass is 196 g/mol. The van der Waals surface area contributed by atoms with Crippen molar-refractivity contribution in [2.75, 3.05) is 0 Å². The summed E-state index contributed by atoms with van der Waals surface area (Å²) in [4.78, 5) is 0. The summed E-state index contributed by atoms with van der Waals surface area (Å²) in [5.74, 6) is 5.82. The zero-order valence-electron chi connectivity index (χ0n) is 6.79. The minimum absolute atomic E-state index is 0. The number of nitrogens with two attached hydrogens (primary N) is 1. The van der Waals surface area contributed by atoms with Gasteiger partial charge < -0.3 is 5.84 Å². The van der Waals surface area contributed by atoms with Crippen LogP contribution in [0.2, 0.25) is 0 Å². The van der Waals surface area contributed by atoms with Gasteiger partial charge in [0, 0.05) is 0 Å². The molecule has 2 aliphatic rings. The fourth-order valence-electron chi connectivity index (χ4n) is 1.24. The second-order valence-electron chi connectivity index (χ2n) is 2.55. The van der Waals surface area contributed by atoms with Crippen LogP contribution in [-0.2, 0) is 0 Å². The minimum atomic E-state index is 0. The van der Waals surface area contributed by atoms with E-state index < -0.39 is 0 Å². The topological polar surface area (TPSA) is 63.1 Å². The average Bonchev–Trinajstić information content (AvgIpc) is 2.17. The molecule has 2 rings (SSSR count). The molecule has 0 saturated carbocycles. The fourth-order valence-corrected chi connectivity index (χ4v) is 1.24. The van der Waals surface area contributed by atoms with Gasteiger partial charge in [0.25, 0.3) is 0 Å². The number of fused-ring (bicyclic) bond motifs is 1. The third kappa shape index (κ3) is 1.67. The Bertz CT molecular complexity index is 338. The van der Waals surface area contributed by atoms with Crippen LogP contribution in [0.3, 0.4) is 0 Å². The van der Waals surface area contributed by atoms with Gasteiger partial charge in [-0.25, -0.2) is 0 Å². The molecule has 4 nitrogen and oxygen atoms in total. The molecule has 0 aromatic heterocycles. The first-order chi connectivity index (χ1) is 5.92. The number of halogens is 1. The summed E-state index contributed by atoms with van der Waals surface area (Å²) in [6.07, 6.45) is 9.61. The molecule has 1 atom stereocenters. The third-order valence-electron chi connectivity index (χ3n) is 1.84. The van der Waals surface area contributed by atoms with Gasteiger partial charge in [-0.2, -0.15) is 10.2 Å². The molecule has 2 N–H and O–H groups in total. The third-order valence-corrected chi connectivity index (χ3v) is 1.84. The molecule has 68 valence electrons. The van der Waals surface area contributed by atoms with Crippen molar-refractivity contribution < 1.29 is 0 Å². The van der Waals surface area contributed by atoms with Crippen molar-refractivity contribution in [1.82, 2.24) is 0 Å². The molecule has 0 bridgehead atoms. The minimum Gasteiger partial charge on any atom is -0.321 e. The lowest BCUT2D eigenvalue weighted by molar-refractivity contribution is 0.945. The summed E-state index contributed by atoms with van der Waals surface area (Å²) in [5.41, 5.74) is 1.08. The van der Waals surface area contributed by atoms with E-state index in [4.69, 9.17) is 5.84 Å². The Kier molecular flexibility index (Phi) is 2.97. The predicted octanol–water partition coefficient (Wildman–Crippen LogP) is 1.77. The molecular weight excluding hydrogens is 188 g/mol. The number of hydrazone groups is 1. The molecule has 1 unspecified atom stereocenters. The van der Waals surface area contributed by atoms with Gasteiger partial charge in [0.1, 0.15) is 0 Å². The number of hydrogen-bond donors (Lipinski definition) is 1. The quantitative estimate of drug-likeness (QED) is 0.466. The molecule has 0 radical (unpaired) electrons. The van der Waals surface area contributed by atoms with Crippen molar-refractivity contribution >= 4 is 18.2 Å². The predicted molar refractivity (Wildman–Crippen MR) is 53.6 cm³/mol. The number of azo groups is 1. The molecule has 0 fully saturated rings. The molecule has 0 spiro atoms. The maximum atomic E-state index is 5.16. The molecule has 0 aromatic carbocycles. The fraction of sp³-hybridized carbons (Fsp3) is 0.125. The maximum absolute atomic E-state index is 5.16. The van der Waals surface area contributed by atoms with E-state index in [2.05, 4.69) is 15.3 Å². The van der Waals surface area contributed by atoms with Crippen molar-refractivity contribution in [1.29, 1.82) is 0 Å². The molecule has 5 heteroatoms. The van der Waals surface area contributed by atoms with Gasteiger partial charge in [0.2, 0.25) is 0 Å². The number of allylic oxidation sites excluding steroid dienone is 3.